The van der Waals surface area contributed by atoms with Crippen LogP contribution in [0.4, 0.5) is 11.4 Å². The minimum absolute atomic E-state index is 0.00918. The van der Waals surface area contributed by atoms with Crippen molar-refractivity contribution in [2.45, 2.75) is 13.0 Å². The van der Waals surface area contributed by atoms with Crippen molar-refractivity contribution in [1.29, 1.82) is 0 Å². The Hall–Kier alpha value is -4.45. The monoisotopic (exact) mass is 448 g/mol. The molecule has 0 atom stereocenters. The highest BCUT2D eigenvalue weighted by Crippen LogP contribution is 2.38. The topological polar surface area (TPSA) is 79.0 Å². The summed E-state index contributed by atoms with van der Waals surface area (Å²) in [7, 11) is 0. The molecule has 2 N–H and O–H groups in total. The smallest absolute Gasteiger partial charge is 0.283 e. The lowest BCUT2D eigenvalue weighted by atomic mass is 10.1. The number of nitrogens with zero attached hydrogens (tertiary/aromatic N) is 3. The van der Waals surface area contributed by atoms with Crippen LogP contribution in [0, 0.1) is 0 Å². The maximum atomic E-state index is 12.4. The van der Waals surface area contributed by atoms with Crippen molar-refractivity contribution in [3.8, 4) is 5.88 Å². The Labute approximate surface area is 197 Å². The third kappa shape index (κ3) is 4.52. The predicted molar refractivity (Wildman–Crippen MR) is 136 cm³/mol. The first kappa shape index (κ1) is 21.4. The summed E-state index contributed by atoms with van der Waals surface area (Å²) < 4.78 is 1.81. The Morgan fingerprint density at radius 3 is 2.44 bits per heavy atom. The molecular weight excluding hydrogens is 424 g/mol. The van der Waals surface area contributed by atoms with Gasteiger partial charge in [-0.3, -0.25) is 4.79 Å². The molecule has 0 aliphatic rings. The summed E-state index contributed by atoms with van der Waals surface area (Å²) in [4.78, 5) is 12.4. The molecule has 1 heterocycles. The number of azo groups is 1. The van der Waals surface area contributed by atoms with Crippen molar-refractivity contribution in [2.24, 2.45) is 10.2 Å². The predicted octanol–water partition coefficient (Wildman–Crippen LogP) is 6.47. The lowest BCUT2D eigenvalue weighted by Gasteiger charge is -2.07. The Bertz CT molecular complexity index is 1490. The lowest BCUT2D eigenvalue weighted by Crippen LogP contribution is -2.10. The molecule has 0 aliphatic carbocycles. The molecule has 0 radical (unpaired) electrons. The molecule has 1 aromatic heterocycles. The van der Waals surface area contributed by atoms with Gasteiger partial charge in [-0.25, -0.2) is 0 Å². The number of nitrogens with one attached hydrogen (secondary N) is 1. The number of rotatable bonds is 7. The largest absolute Gasteiger partial charge is 0.493 e. The van der Waals surface area contributed by atoms with Crippen LogP contribution in [0.5, 0.6) is 5.88 Å². The number of aromatic hydroxyl groups is 1. The van der Waals surface area contributed by atoms with Crippen LogP contribution in [0.15, 0.2) is 107 Å². The molecule has 168 valence electrons. The number of aryl methyl sites for hydroxylation is 2. The number of benzene rings is 4. The molecule has 0 bridgehead atoms. The minimum Gasteiger partial charge on any atom is -0.493 e. The van der Waals surface area contributed by atoms with E-state index in [0.29, 0.717) is 12.2 Å². The van der Waals surface area contributed by atoms with E-state index in [0.717, 1.165) is 33.8 Å². The van der Waals surface area contributed by atoms with Gasteiger partial charge in [-0.2, -0.15) is 0 Å². The normalized spacial score (nSPS) is 11.4. The first-order valence-electron chi connectivity index (χ1n) is 11.2. The van der Waals surface area contributed by atoms with E-state index >= 15 is 0 Å². The second-order valence-electron chi connectivity index (χ2n) is 8.09. The number of carbonyl (C=O) groups is 1. The third-order valence-electron chi connectivity index (χ3n) is 5.84. The Balaban J connectivity index is 1.31. The summed E-state index contributed by atoms with van der Waals surface area (Å²) in [5, 5.41) is 25.0. The van der Waals surface area contributed by atoms with Gasteiger partial charge in [-0.1, -0.05) is 78.9 Å². The molecule has 5 aromatic rings. The van der Waals surface area contributed by atoms with Gasteiger partial charge in [0.1, 0.15) is 0 Å². The molecule has 0 spiro atoms. The van der Waals surface area contributed by atoms with Gasteiger partial charge in [0.15, 0.2) is 5.69 Å². The fourth-order valence-electron chi connectivity index (χ4n) is 4.10. The van der Waals surface area contributed by atoms with Crippen LogP contribution in [-0.2, 0) is 17.8 Å². The number of hydrogen-bond acceptors (Lipinski definition) is 4. The standard InChI is InChI=1S/C28H24N4O2/c33-26(19-29-23-15-14-21-10-4-5-11-22(21)18-23)30-31-27-24-12-6-7-13-25(24)32(28(27)34)17-16-20-8-2-1-3-9-20/h1-15,18,29,34H,16-17,19H2. The number of para-hydroxylation sites is 1. The Morgan fingerprint density at radius 1 is 0.853 bits per heavy atom. The van der Waals surface area contributed by atoms with Gasteiger partial charge in [-0.15, -0.1) is 10.2 Å². The zero-order valence-electron chi connectivity index (χ0n) is 18.6. The molecule has 1 amide bonds. The van der Waals surface area contributed by atoms with Crippen LogP contribution in [0.1, 0.15) is 5.56 Å². The fourth-order valence-corrected chi connectivity index (χ4v) is 4.10. The summed E-state index contributed by atoms with van der Waals surface area (Å²) in [6, 6.07) is 31.7. The average Bonchev–Trinajstić information content (AvgIpc) is 3.15. The number of carbonyl (C=O) groups excluding carboxylic acids is 1. The summed E-state index contributed by atoms with van der Waals surface area (Å²) in [5.74, 6) is -0.412. The van der Waals surface area contributed by atoms with E-state index in [1.165, 1.54) is 5.56 Å². The highest BCUT2D eigenvalue weighted by molar-refractivity contribution is 5.95. The van der Waals surface area contributed by atoms with Crippen LogP contribution < -0.4 is 5.32 Å². The molecule has 0 unspecified atom stereocenters. The van der Waals surface area contributed by atoms with E-state index in [1.54, 1.807) is 0 Å². The highest BCUT2D eigenvalue weighted by atomic mass is 16.3. The van der Waals surface area contributed by atoms with Crippen LogP contribution in [0.25, 0.3) is 21.7 Å². The van der Waals surface area contributed by atoms with Crippen LogP contribution >= 0.6 is 0 Å². The van der Waals surface area contributed by atoms with Crippen LogP contribution in [0.3, 0.4) is 0 Å². The number of aromatic nitrogens is 1. The van der Waals surface area contributed by atoms with E-state index in [-0.39, 0.29) is 12.4 Å². The molecular formula is C28H24N4O2. The number of anilines is 1. The average molecular weight is 449 g/mol. The van der Waals surface area contributed by atoms with Gasteiger partial charge < -0.3 is 15.0 Å². The van der Waals surface area contributed by atoms with Crippen molar-refractivity contribution >= 4 is 39.0 Å². The first-order valence-corrected chi connectivity index (χ1v) is 11.2. The SMILES string of the molecule is O=C(CNc1ccc2ccccc2c1)N=Nc1c(O)n(CCc2ccccc2)c2ccccc12. The molecule has 0 saturated heterocycles. The van der Waals surface area contributed by atoms with Crippen molar-refractivity contribution in [3.63, 3.8) is 0 Å². The number of amides is 1. The summed E-state index contributed by atoms with van der Waals surface area (Å²) in [5.41, 5.74) is 3.18. The maximum Gasteiger partial charge on any atom is 0.283 e. The highest BCUT2D eigenvalue weighted by Gasteiger charge is 2.16. The fraction of sp³-hybridized carbons (Fsp3) is 0.107. The molecule has 0 aliphatic heterocycles. The van der Waals surface area contributed by atoms with Crippen molar-refractivity contribution in [3.05, 3.63) is 103 Å². The Kier molecular flexibility index (Phi) is 6.03. The molecule has 0 fully saturated rings. The summed E-state index contributed by atoms with van der Waals surface area (Å²) in [6.45, 7) is 0.596. The molecule has 6 nitrogen and oxygen atoms in total. The van der Waals surface area contributed by atoms with Crippen molar-refractivity contribution in [1.82, 2.24) is 4.57 Å². The summed E-state index contributed by atoms with van der Waals surface area (Å²) >= 11 is 0. The molecule has 34 heavy (non-hydrogen) atoms. The first-order chi connectivity index (χ1) is 16.7. The van der Waals surface area contributed by atoms with Gasteiger partial charge in [0.2, 0.25) is 5.88 Å². The molecule has 6 heteroatoms. The molecule has 4 aromatic carbocycles. The Morgan fingerprint density at radius 2 is 1.59 bits per heavy atom. The van der Waals surface area contributed by atoms with Gasteiger partial charge in [0.25, 0.3) is 5.91 Å². The zero-order valence-corrected chi connectivity index (χ0v) is 18.6. The maximum absolute atomic E-state index is 12.4. The van der Waals surface area contributed by atoms with Crippen LogP contribution in [0.2, 0.25) is 0 Å². The van der Waals surface area contributed by atoms with Crippen LogP contribution in [-0.4, -0.2) is 22.1 Å². The number of hydrogen-bond donors (Lipinski definition) is 2. The van der Waals surface area contributed by atoms with Gasteiger partial charge in [0.05, 0.1) is 12.1 Å². The van der Waals surface area contributed by atoms with E-state index in [2.05, 4.69) is 27.7 Å². The van der Waals surface area contributed by atoms with Gasteiger partial charge in [-0.05, 0) is 41.0 Å². The summed E-state index contributed by atoms with van der Waals surface area (Å²) in [6.07, 6.45) is 0.762. The second-order valence-corrected chi connectivity index (χ2v) is 8.09. The molecule has 0 saturated carbocycles. The van der Waals surface area contributed by atoms with Gasteiger partial charge in [0, 0.05) is 17.6 Å². The molecule has 5 rings (SSSR count). The van der Waals surface area contributed by atoms with E-state index in [9.17, 15) is 9.90 Å². The van der Waals surface area contributed by atoms with E-state index < -0.39 is 5.91 Å². The number of fused-ring (bicyclic) bond motifs is 2. The van der Waals surface area contributed by atoms with Crippen molar-refractivity contribution in [2.75, 3.05) is 11.9 Å². The lowest BCUT2D eigenvalue weighted by molar-refractivity contribution is -0.116. The van der Waals surface area contributed by atoms with E-state index in [1.807, 2.05) is 89.5 Å². The van der Waals surface area contributed by atoms with E-state index in [4.69, 9.17) is 0 Å². The van der Waals surface area contributed by atoms with Gasteiger partial charge >= 0.3 is 0 Å². The third-order valence-corrected chi connectivity index (χ3v) is 5.84. The zero-order chi connectivity index (χ0) is 23.3. The minimum atomic E-state index is -0.423. The van der Waals surface area contributed by atoms with Crippen molar-refractivity contribution < 1.29 is 9.90 Å². The second kappa shape index (κ2) is 9.58. The quantitative estimate of drug-likeness (QED) is 0.280.